The second kappa shape index (κ2) is 6.96. The molecule has 0 radical (unpaired) electrons. The van der Waals surface area contributed by atoms with Crippen LogP contribution in [0.2, 0.25) is 0 Å². The number of amides is 2. The summed E-state index contributed by atoms with van der Waals surface area (Å²) in [5.41, 5.74) is 1.84. The Balaban J connectivity index is 1.63. The zero-order valence-electron chi connectivity index (χ0n) is 15.7. The first kappa shape index (κ1) is 18.0. The number of carbonyl (C=O) groups is 2. The van der Waals surface area contributed by atoms with Gasteiger partial charge in [0.05, 0.1) is 5.39 Å². The molecule has 2 aromatic carbocycles. The van der Waals surface area contributed by atoms with Crippen molar-refractivity contribution in [2.75, 3.05) is 18.0 Å². The summed E-state index contributed by atoms with van der Waals surface area (Å²) in [6.07, 6.45) is 0. The Kier molecular flexibility index (Phi) is 4.47. The van der Waals surface area contributed by atoms with E-state index in [2.05, 4.69) is 0 Å². The fourth-order valence-corrected chi connectivity index (χ4v) is 3.49. The van der Waals surface area contributed by atoms with Gasteiger partial charge in [-0.15, -0.1) is 0 Å². The molecule has 1 saturated heterocycles. The molecule has 6 nitrogen and oxygen atoms in total. The maximum atomic E-state index is 13.0. The normalized spacial score (nSPS) is 17.2. The lowest BCUT2D eigenvalue weighted by Crippen LogP contribution is -2.57. The summed E-state index contributed by atoms with van der Waals surface area (Å²) < 4.78 is 5.72. The fraction of sp³-hybridized carbons (Fsp3) is 0.227. The van der Waals surface area contributed by atoms with Crippen LogP contribution < -0.4 is 10.3 Å². The predicted molar refractivity (Wildman–Crippen MR) is 107 cm³/mol. The van der Waals surface area contributed by atoms with Gasteiger partial charge in [-0.25, -0.2) is 0 Å². The van der Waals surface area contributed by atoms with Crippen molar-refractivity contribution in [2.24, 2.45) is 0 Å². The Morgan fingerprint density at radius 2 is 1.82 bits per heavy atom. The fourth-order valence-electron chi connectivity index (χ4n) is 3.49. The summed E-state index contributed by atoms with van der Waals surface area (Å²) >= 11 is 0. The number of carbonyl (C=O) groups excluding carboxylic acids is 2. The van der Waals surface area contributed by atoms with Gasteiger partial charge in [-0.3, -0.25) is 14.4 Å². The summed E-state index contributed by atoms with van der Waals surface area (Å²) in [6, 6.07) is 15.6. The highest BCUT2D eigenvalue weighted by molar-refractivity contribution is 6.01. The van der Waals surface area contributed by atoms with Crippen LogP contribution in [0.5, 0.6) is 0 Å². The predicted octanol–water partition coefficient (Wildman–Crippen LogP) is 2.98. The second-order valence-corrected chi connectivity index (χ2v) is 7.10. The largest absolute Gasteiger partial charge is 0.451 e. The van der Waals surface area contributed by atoms with E-state index in [1.165, 1.54) is 11.0 Å². The number of nitrogens with zero attached hydrogens (tertiary/aromatic N) is 2. The lowest BCUT2D eigenvalue weighted by molar-refractivity contribution is -0.121. The van der Waals surface area contributed by atoms with E-state index in [1.54, 1.807) is 17.0 Å². The highest BCUT2D eigenvalue weighted by atomic mass is 16.3. The smallest absolute Gasteiger partial charge is 0.290 e. The van der Waals surface area contributed by atoms with Gasteiger partial charge in [-0.2, -0.15) is 0 Å². The van der Waals surface area contributed by atoms with Crippen molar-refractivity contribution in [2.45, 2.75) is 19.9 Å². The lowest BCUT2D eigenvalue weighted by Gasteiger charge is -2.39. The van der Waals surface area contributed by atoms with E-state index in [1.807, 2.05) is 50.2 Å². The molecule has 0 spiro atoms. The number of anilines is 1. The van der Waals surface area contributed by atoms with E-state index in [-0.39, 0.29) is 29.7 Å². The average Bonchev–Trinajstić information content (AvgIpc) is 2.69. The number of piperazine rings is 1. The van der Waals surface area contributed by atoms with E-state index < -0.39 is 5.91 Å². The van der Waals surface area contributed by atoms with Crippen LogP contribution in [0, 0.1) is 6.92 Å². The van der Waals surface area contributed by atoms with E-state index >= 15 is 0 Å². The lowest BCUT2D eigenvalue weighted by atomic mass is 10.1. The zero-order chi connectivity index (χ0) is 19.8. The van der Waals surface area contributed by atoms with Crippen molar-refractivity contribution in [1.82, 2.24) is 4.90 Å². The number of para-hydroxylation sites is 1. The van der Waals surface area contributed by atoms with Gasteiger partial charge in [-0.1, -0.05) is 24.3 Å². The summed E-state index contributed by atoms with van der Waals surface area (Å²) in [5.74, 6) is -0.665. The van der Waals surface area contributed by atoms with Crippen LogP contribution in [-0.4, -0.2) is 35.8 Å². The van der Waals surface area contributed by atoms with E-state index in [0.29, 0.717) is 17.5 Å². The number of benzene rings is 2. The molecule has 3 aromatic rings. The second-order valence-electron chi connectivity index (χ2n) is 7.10. The standard InChI is InChI=1S/C22H20N2O4/c1-14-8-9-17-18(25)11-20(28-19(17)10-14)22(27)23-13-21(26)24(12-15(23)2)16-6-4-3-5-7-16/h3-11,15H,12-13H2,1-2H3. The molecule has 0 N–H and O–H groups in total. The third kappa shape index (κ3) is 3.17. The van der Waals surface area contributed by atoms with E-state index in [0.717, 1.165) is 11.3 Å². The third-order valence-corrected chi connectivity index (χ3v) is 5.01. The molecular weight excluding hydrogens is 356 g/mol. The summed E-state index contributed by atoms with van der Waals surface area (Å²) in [6.45, 7) is 4.08. The molecule has 2 heterocycles. The first-order valence-corrected chi connectivity index (χ1v) is 9.15. The number of hydrogen-bond donors (Lipinski definition) is 0. The summed E-state index contributed by atoms with van der Waals surface area (Å²) in [7, 11) is 0. The monoisotopic (exact) mass is 376 g/mol. The zero-order valence-corrected chi connectivity index (χ0v) is 15.7. The van der Waals surface area contributed by atoms with Crippen LogP contribution >= 0.6 is 0 Å². The minimum atomic E-state index is -0.450. The van der Waals surface area contributed by atoms with Crippen molar-refractivity contribution in [1.29, 1.82) is 0 Å². The van der Waals surface area contributed by atoms with E-state index in [9.17, 15) is 14.4 Å². The van der Waals surface area contributed by atoms with Gasteiger partial charge in [0.15, 0.2) is 11.2 Å². The van der Waals surface area contributed by atoms with Gasteiger partial charge in [0.2, 0.25) is 5.91 Å². The minimum absolute atomic E-state index is 0.0455. The van der Waals surface area contributed by atoms with Crippen molar-refractivity contribution in [3.8, 4) is 0 Å². The number of fused-ring (bicyclic) bond motifs is 1. The van der Waals surface area contributed by atoms with Gasteiger partial charge in [0.1, 0.15) is 12.1 Å². The van der Waals surface area contributed by atoms with Crippen molar-refractivity contribution in [3.05, 3.63) is 76.1 Å². The first-order chi connectivity index (χ1) is 13.4. The molecule has 1 aliphatic heterocycles. The van der Waals surface area contributed by atoms with Gasteiger partial charge >= 0.3 is 0 Å². The molecule has 1 aliphatic rings. The highest BCUT2D eigenvalue weighted by Gasteiger charge is 2.34. The molecule has 142 valence electrons. The van der Waals surface area contributed by atoms with Crippen LogP contribution in [0.1, 0.15) is 23.0 Å². The van der Waals surface area contributed by atoms with Gasteiger partial charge in [0.25, 0.3) is 5.91 Å². The van der Waals surface area contributed by atoms with Gasteiger partial charge < -0.3 is 14.2 Å². The Morgan fingerprint density at radius 1 is 1.07 bits per heavy atom. The van der Waals surface area contributed by atoms with Crippen LogP contribution in [0.3, 0.4) is 0 Å². The highest BCUT2D eigenvalue weighted by Crippen LogP contribution is 2.22. The Bertz CT molecular complexity index is 1120. The number of aryl methyl sites for hydroxylation is 1. The maximum absolute atomic E-state index is 13.0. The molecule has 0 saturated carbocycles. The molecule has 28 heavy (non-hydrogen) atoms. The molecular formula is C22H20N2O4. The molecule has 1 atom stereocenters. The average molecular weight is 376 g/mol. The molecule has 1 fully saturated rings. The van der Waals surface area contributed by atoms with Crippen LogP contribution in [0.25, 0.3) is 11.0 Å². The van der Waals surface area contributed by atoms with Crippen LogP contribution in [0.4, 0.5) is 5.69 Å². The van der Waals surface area contributed by atoms with Crippen LogP contribution in [-0.2, 0) is 4.79 Å². The van der Waals surface area contributed by atoms with Crippen molar-refractivity contribution < 1.29 is 14.0 Å². The van der Waals surface area contributed by atoms with Gasteiger partial charge in [0, 0.05) is 24.3 Å². The van der Waals surface area contributed by atoms with Crippen molar-refractivity contribution in [3.63, 3.8) is 0 Å². The number of hydrogen-bond acceptors (Lipinski definition) is 4. The summed E-state index contributed by atoms with van der Waals surface area (Å²) in [5, 5.41) is 0.431. The minimum Gasteiger partial charge on any atom is -0.451 e. The third-order valence-electron chi connectivity index (χ3n) is 5.01. The molecule has 4 rings (SSSR count). The Morgan fingerprint density at radius 3 is 2.57 bits per heavy atom. The quantitative estimate of drug-likeness (QED) is 0.689. The molecule has 2 amide bonds. The molecule has 0 bridgehead atoms. The SMILES string of the molecule is Cc1ccc2c(=O)cc(C(=O)N3CC(=O)N(c4ccccc4)CC3C)oc2c1. The van der Waals surface area contributed by atoms with Crippen molar-refractivity contribution >= 4 is 28.5 Å². The van der Waals surface area contributed by atoms with Crippen LogP contribution in [0.15, 0.2) is 63.8 Å². The Labute approximate surface area is 162 Å². The summed E-state index contributed by atoms with van der Waals surface area (Å²) in [4.78, 5) is 41.2. The molecule has 1 unspecified atom stereocenters. The first-order valence-electron chi connectivity index (χ1n) is 9.15. The topological polar surface area (TPSA) is 70.8 Å². The molecule has 6 heteroatoms. The Hall–Kier alpha value is -3.41. The van der Waals surface area contributed by atoms with E-state index in [4.69, 9.17) is 4.42 Å². The molecule has 0 aliphatic carbocycles. The maximum Gasteiger partial charge on any atom is 0.290 e. The molecule has 1 aromatic heterocycles. The number of rotatable bonds is 2. The van der Waals surface area contributed by atoms with Gasteiger partial charge in [-0.05, 0) is 43.7 Å².